The monoisotopic (exact) mass is 418 g/mol. The normalized spacial score (nSPS) is 10.5. The number of rotatable bonds is 6. The van der Waals surface area contributed by atoms with Gasteiger partial charge in [-0.1, -0.05) is 22.0 Å². The molecule has 2 rings (SSSR count). The third-order valence-electron chi connectivity index (χ3n) is 3.60. The van der Waals surface area contributed by atoms with Crippen LogP contribution in [0.5, 0.6) is 5.75 Å². The smallest absolute Gasteiger partial charge is 0.262 e. The molecular formula is C20H23BrN2O3. The van der Waals surface area contributed by atoms with E-state index in [1.807, 2.05) is 39.8 Å². The summed E-state index contributed by atoms with van der Waals surface area (Å²) >= 11 is 3.44. The van der Waals surface area contributed by atoms with Gasteiger partial charge in [0.25, 0.3) is 11.8 Å². The van der Waals surface area contributed by atoms with Crippen LogP contribution in [0.15, 0.2) is 40.9 Å². The molecule has 0 heterocycles. The van der Waals surface area contributed by atoms with E-state index in [1.54, 1.807) is 24.3 Å². The Bertz CT molecular complexity index is 795. The Morgan fingerprint density at radius 3 is 2.38 bits per heavy atom. The molecule has 0 aromatic heterocycles. The molecule has 0 atom stereocenters. The van der Waals surface area contributed by atoms with E-state index in [1.165, 1.54) is 0 Å². The van der Waals surface area contributed by atoms with Crippen molar-refractivity contribution >= 4 is 33.4 Å². The van der Waals surface area contributed by atoms with Crippen LogP contribution in [0.25, 0.3) is 0 Å². The van der Waals surface area contributed by atoms with Gasteiger partial charge in [-0.25, -0.2) is 0 Å². The molecule has 0 saturated heterocycles. The van der Waals surface area contributed by atoms with Crippen LogP contribution in [-0.4, -0.2) is 24.5 Å². The molecule has 0 aliphatic carbocycles. The number of carbonyl (C=O) groups excluding carboxylic acids is 2. The fourth-order valence-electron chi connectivity index (χ4n) is 2.54. The lowest BCUT2D eigenvalue weighted by Crippen LogP contribution is -2.30. The number of hydrogen-bond acceptors (Lipinski definition) is 3. The largest absolute Gasteiger partial charge is 0.483 e. The van der Waals surface area contributed by atoms with E-state index < -0.39 is 0 Å². The average molecular weight is 419 g/mol. The van der Waals surface area contributed by atoms with E-state index in [4.69, 9.17) is 4.74 Å². The Labute approximate surface area is 162 Å². The molecule has 0 saturated carbocycles. The summed E-state index contributed by atoms with van der Waals surface area (Å²) in [4.78, 5) is 24.2. The zero-order chi connectivity index (χ0) is 19.3. The molecule has 2 amide bonds. The highest BCUT2D eigenvalue weighted by Crippen LogP contribution is 2.27. The van der Waals surface area contributed by atoms with Crippen LogP contribution in [0.1, 0.15) is 35.3 Å². The van der Waals surface area contributed by atoms with Crippen LogP contribution in [0.2, 0.25) is 0 Å². The van der Waals surface area contributed by atoms with Gasteiger partial charge in [-0.15, -0.1) is 0 Å². The zero-order valence-corrected chi connectivity index (χ0v) is 16.9. The summed E-state index contributed by atoms with van der Waals surface area (Å²) in [5, 5.41) is 5.58. The molecule has 6 heteroatoms. The molecule has 138 valence electrons. The summed E-state index contributed by atoms with van der Waals surface area (Å²) in [6.07, 6.45) is 0. The third kappa shape index (κ3) is 5.59. The minimum Gasteiger partial charge on any atom is -0.483 e. The van der Waals surface area contributed by atoms with Crippen molar-refractivity contribution in [3.8, 4) is 5.75 Å². The van der Waals surface area contributed by atoms with E-state index in [0.29, 0.717) is 17.0 Å². The van der Waals surface area contributed by atoms with Crippen LogP contribution in [0.4, 0.5) is 5.69 Å². The molecular weight excluding hydrogens is 396 g/mol. The lowest BCUT2D eigenvalue weighted by atomic mass is 10.1. The average Bonchev–Trinajstić information content (AvgIpc) is 2.53. The predicted octanol–water partition coefficient (Wildman–Crippen LogP) is 4.22. The topological polar surface area (TPSA) is 67.4 Å². The van der Waals surface area contributed by atoms with Crippen molar-refractivity contribution in [2.75, 3.05) is 11.9 Å². The quantitative estimate of drug-likeness (QED) is 0.737. The van der Waals surface area contributed by atoms with Crippen LogP contribution in [0, 0.1) is 13.8 Å². The highest BCUT2D eigenvalue weighted by atomic mass is 79.9. The number of anilines is 1. The SMILES string of the molecule is Cc1cc(Br)cc(C)c1OCC(=O)Nc1cccc(C(=O)NC(C)C)c1. The second-order valence-electron chi connectivity index (χ2n) is 6.41. The van der Waals surface area contributed by atoms with Crippen molar-refractivity contribution < 1.29 is 14.3 Å². The van der Waals surface area contributed by atoms with E-state index in [9.17, 15) is 9.59 Å². The highest BCUT2D eigenvalue weighted by molar-refractivity contribution is 9.10. The molecule has 26 heavy (non-hydrogen) atoms. The summed E-state index contributed by atoms with van der Waals surface area (Å²) in [6.45, 7) is 7.55. The Kier molecular flexibility index (Phi) is 6.80. The standard InChI is InChI=1S/C20H23BrN2O3/c1-12(2)22-20(25)15-6-5-7-17(10-15)23-18(24)11-26-19-13(3)8-16(21)9-14(19)4/h5-10,12H,11H2,1-4H3,(H,22,25)(H,23,24). The van der Waals surface area contributed by atoms with E-state index in [-0.39, 0.29) is 24.5 Å². The number of nitrogens with one attached hydrogen (secondary N) is 2. The van der Waals surface area contributed by atoms with Crippen LogP contribution >= 0.6 is 15.9 Å². The Balaban J connectivity index is 1.99. The maximum absolute atomic E-state index is 12.2. The number of hydrogen-bond donors (Lipinski definition) is 2. The Morgan fingerprint density at radius 2 is 1.77 bits per heavy atom. The first-order valence-corrected chi connectivity index (χ1v) is 9.16. The zero-order valence-electron chi connectivity index (χ0n) is 15.4. The van der Waals surface area contributed by atoms with Crippen molar-refractivity contribution in [1.82, 2.24) is 5.32 Å². The van der Waals surface area contributed by atoms with Gasteiger partial charge in [0.15, 0.2) is 6.61 Å². The van der Waals surface area contributed by atoms with Gasteiger partial charge in [0.05, 0.1) is 0 Å². The number of benzene rings is 2. The third-order valence-corrected chi connectivity index (χ3v) is 4.06. The van der Waals surface area contributed by atoms with Crippen LogP contribution in [0.3, 0.4) is 0 Å². The molecule has 0 unspecified atom stereocenters. The number of carbonyl (C=O) groups is 2. The maximum Gasteiger partial charge on any atom is 0.262 e. The van der Waals surface area contributed by atoms with Gasteiger partial charge in [-0.05, 0) is 69.2 Å². The van der Waals surface area contributed by atoms with Crippen LogP contribution in [-0.2, 0) is 4.79 Å². The second-order valence-corrected chi connectivity index (χ2v) is 7.33. The molecule has 2 aromatic carbocycles. The van der Waals surface area contributed by atoms with E-state index in [2.05, 4.69) is 26.6 Å². The lowest BCUT2D eigenvalue weighted by Gasteiger charge is -2.13. The summed E-state index contributed by atoms with van der Waals surface area (Å²) in [5.74, 6) is 0.245. The van der Waals surface area contributed by atoms with E-state index >= 15 is 0 Å². The molecule has 0 spiro atoms. The Hall–Kier alpha value is -2.34. The predicted molar refractivity (Wildman–Crippen MR) is 107 cm³/mol. The number of amides is 2. The molecule has 0 aliphatic rings. The number of aryl methyl sites for hydroxylation is 2. The fraction of sp³-hybridized carbons (Fsp3) is 0.300. The van der Waals surface area contributed by atoms with Gasteiger partial charge >= 0.3 is 0 Å². The van der Waals surface area contributed by atoms with Crippen molar-refractivity contribution in [2.45, 2.75) is 33.7 Å². The molecule has 0 bridgehead atoms. The first-order chi connectivity index (χ1) is 12.3. The summed E-state index contributed by atoms with van der Waals surface area (Å²) in [5.41, 5.74) is 2.96. The molecule has 5 nitrogen and oxygen atoms in total. The van der Waals surface area contributed by atoms with Crippen LogP contribution < -0.4 is 15.4 Å². The Morgan fingerprint density at radius 1 is 1.12 bits per heavy atom. The van der Waals surface area contributed by atoms with Gasteiger partial charge in [-0.2, -0.15) is 0 Å². The fourth-order valence-corrected chi connectivity index (χ4v) is 3.23. The summed E-state index contributed by atoms with van der Waals surface area (Å²) in [6, 6.07) is 10.7. The van der Waals surface area contributed by atoms with Gasteiger partial charge < -0.3 is 15.4 Å². The summed E-state index contributed by atoms with van der Waals surface area (Å²) in [7, 11) is 0. The first-order valence-electron chi connectivity index (χ1n) is 8.36. The minimum absolute atomic E-state index is 0.0477. The van der Waals surface area contributed by atoms with Crippen molar-refractivity contribution in [3.05, 3.63) is 57.6 Å². The van der Waals surface area contributed by atoms with Crippen molar-refractivity contribution in [3.63, 3.8) is 0 Å². The van der Waals surface area contributed by atoms with Crippen molar-refractivity contribution in [1.29, 1.82) is 0 Å². The second kappa shape index (κ2) is 8.85. The molecule has 2 aromatic rings. The first kappa shape index (κ1) is 20.0. The highest BCUT2D eigenvalue weighted by Gasteiger charge is 2.11. The van der Waals surface area contributed by atoms with Gasteiger partial charge in [0, 0.05) is 21.8 Å². The van der Waals surface area contributed by atoms with Gasteiger partial charge in [0.1, 0.15) is 5.75 Å². The molecule has 0 aliphatic heterocycles. The number of ether oxygens (including phenoxy) is 1. The molecule has 0 fully saturated rings. The molecule has 0 radical (unpaired) electrons. The maximum atomic E-state index is 12.2. The van der Waals surface area contributed by atoms with E-state index in [0.717, 1.165) is 15.6 Å². The minimum atomic E-state index is -0.284. The summed E-state index contributed by atoms with van der Waals surface area (Å²) < 4.78 is 6.65. The van der Waals surface area contributed by atoms with Crippen molar-refractivity contribution in [2.24, 2.45) is 0 Å². The molecule has 2 N–H and O–H groups in total. The number of halogens is 1. The van der Waals surface area contributed by atoms with Gasteiger partial charge in [0.2, 0.25) is 0 Å². The lowest BCUT2D eigenvalue weighted by molar-refractivity contribution is -0.118. The van der Waals surface area contributed by atoms with Gasteiger partial charge in [-0.3, -0.25) is 9.59 Å².